The highest BCUT2D eigenvalue weighted by Crippen LogP contribution is 2.24. The maximum atomic E-state index is 14.2. The molecule has 1 saturated heterocycles. The van der Waals surface area contributed by atoms with Gasteiger partial charge in [-0.25, -0.2) is 9.37 Å². The lowest BCUT2D eigenvalue weighted by atomic mass is 10.0. The monoisotopic (exact) mass is 580 g/mol. The van der Waals surface area contributed by atoms with Crippen LogP contribution in [0.5, 0.6) is 5.88 Å². The molecule has 0 radical (unpaired) electrons. The van der Waals surface area contributed by atoms with Gasteiger partial charge in [0.25, 0.3) is 11.8 Å². The van der Waals surface area contributed by atoms with Crippen LogP contribution in [0.1, 0.15) is 44.7 Å². The SMILES string of the molecule is Cc1ccc(-c2ccc(OC3CCN(C(=O)c4ccc(F)cc4C(=O)NCCc4ccc(N(C)C)cc4)CC3)nc2)cc1. The Morgan fingerprint density at radius 3 is 2.28 bits per heavy atom. The van der Waals surface area contributed by atoms with Gasteiger partial charge in [0.15, 0.2) is 0 Å². The van der Waals surface area contributed by atoms with Crippen LogP contribution in [0.2, 0.25) is 0 Å². The van der Waals surface area contributed by atoms with Crippen LogP contribution in [0.15, 0.2) is 85.1 Å². The van der Waals surface area contributed by atoms with Crippen LogP contribution in [-0.2, 0) is 6.42 Å². The summed E-state index contributed by atoms with van der Waals surface area (Å²) in [5, 5.41) is 2.85. The van der Waals surface area contributed by atoms with Crippen LogP contribution in [0.4, 0.5) is 10.1 Å². The molecule has 4 aromatic rings. The number of nitrogens with zero attached hydrogens (tertiary/aromatic N) is 3. The number of hydrogen-bond acceptors (Lipinski definition) is 5. The van der Waals surface area contributed by atoms with E-state index in [1.807, 2.05) is 55.4 Å². The molecule has 7 nitrogen and oxygen atoms in total. The number of carbonyl (C=O) groups is 2. The molecule has 8 heteroatoms. The van der Waals surface area contributed by atoms with Gasteiger partial charge in [-0.05, 0) is 60.9 Å². The molecule has 2 heterocycles. The van der Waals surface area contributed by atoms with Crippen LogP contribution >= 0.6 is 0 Å². The molecule has 1 aliphatic rings. The van der Waals surface area contributed by atoms with Crippen LogP contribution in [-0.4, -0.2) is 61.5 Å². The number of ether oxygens (including phenoxy) is 1. The number of aromatic nitrogens is 1. The number of rotatable bonds is 9. The number of benzene rings is 3. The Morgan fingerprint density at radius 1 is 0.930 bits per heavy atom. The molecule has 0 bridgehead atoms. The summed E-state index contributed by atoms with van der Waals surface area (Å²) < 4.78 is 20.3. The molecule has 1 aliphatic heterocycles. The Bertz CT molecular complexity index is 1550. The molecule has 0 atom stereocenters. The van der Waals surface area contributed by atoms with Crippen LogP contribution in [0.3, 0.4) is 0 Å². The largest absolute Gasteiger partial charge is 0.474 e. The Labute approximate surface area is 252 Å². The highest BCUT2D eigenvalue weighted by Gasteiger charge is 2.28. The minimum Gasteiger partial charge on any atom is -0.474 e. The first-order chi connectivity index (χ1) is 20.8. The van der Waals surface area contributed by atoms with Gasteiger partial charge < -0.3 is 19.9 Å². The first kappa shape index (κ1) is 29.8. The highest BCUT2D eigenvalue weighted by molar-refractivity contribution is 6.07. The quantitative estimate of drug-likeness (QED) is 0.266. The molecule has 0 aliphatic carbocycles. The minimum absolute atomic E-state index is 0.0456. The molecule has 0 saturated carbocycles. The van der Waals surface area contributed by atoms with Crippen molar-refractivity contribution in [3.05, 3.63) is 113 Å². The van der Waals surface area contributed by atoms with Gasteiger partial charge in [-0.3, -0.25) is 9.59 Å². The normalized spacial score (nSPS) is 13.4. The molecular formula is C35H37FN4O3. The first-order valence-electron chi connectivity index (χ1n) is 14.6. The number of likely N-dealkylation sites (tertiary alicyclic amines) is 1. The van der Waals surface area contributed by atoms with Crippen LogP contribution in [0.25, 0.3) is 11.1 Å². The number of pyridine rings is 1. The van der Waals surface area contributed by atoms with E-state index in [0.29, 0.717) is 44.8 Å². The zero-order valence-electron chi connectivity index (χ0n) is 24.8. The maximum absolute atomic E-state index is 14.2. The second kappa shape index (κ2) is 13.5. The van der Waals surface area contributed by atoms with Crippen molar-refractivity contribution in [2.75, 3.05) is 38.6 Å². The third-order valence-electron chi connectivity index (χ3n) is 7.75. The van der Waals surface area contributed by atoms with Gasteiger partial charge in [0, 0.05) is 70.1 Å². The zero-order chi connectivity index (χ0) is 30.3. The topological polar surface area (TPSA) is 74.8 Å². The second-order valence-corrected chi connectivity index (χ2v) is 11.1. The summed E-state index contributed by atoms with van der Waals surface area (Å²) in [5.74, 6) is -0.768. The van der Waals surface area contributed by atoms with E-state index in [2.05, 4.69) is 41.5 Å². The van der Waals surface area contributed by atoms with Crippen molar-refractivity contribution >= 4 is 17.5 Å². The van der Waals surface area contributed by atoms with Gasteiger partial charge in [-0.1, -0.05) is 42.0 Å². The van der Waals surface area contributed by atoms with Crippen LogP contribution in [0, 0.1) is 12.7 Å². The smallest absolute Gasteiger partial charge is 0.254 e. The van der Waals surface area contributed by atoms with Crippen molar-refractivity contribution < 1.29 is 18.7 Å². The van der Waals surface area contributed by atoms with Crippen molar-refractivity contribution in [3.63, 3.8) is 0 Å². The average molecular weight is 581 g/mol. The van der Waals surface area contributed by atoms with Crippen molar-refractivity contribution in [1.82, 2.24) is 15.2 Å². The van der Waals surface area contributed by atoms with E-state index in [0.717, 1.165) is 28.4 Å². The van der Waals surface area contributed by atoms with Gasteiger partial charge in [-0.15, -0.1) is 0 Å². The lowest BCUT2D eigenvalue weighted by Crippen LogP contribution is -2.42. The van der Waals surface area contributed by atoms with Gasteiger partial charge in [0.2, 0.25) is 5.88 Å². The molecule has 222 valence electrons. The zero-order valence-corrected chi connectivity index (χ0v) is 24.8. The molecule has 3 aromatic carbocycles. The molecule has 2 amide bonds. The lowest BCUT2D eigenvalue weighted by molar-refractivity contribution is 0.0584. The fourth-order valence-corrected chi connectivity index (χ4v) is 5.15. The van der Waals surface area contributed by atoms with E-state index < -0.39 is 11.7 Å². The van der Waals surface area contributed by atoms with Crippen molar-refractivity contribution in [2.45, 2.75) is 32.3 Å². The summed E-state index contributed by atoms with van der Waals surface area (Å²) in [6.45, 7) is 3.35. The number of hydrogen-bond donors (Lipinski definition) is 1. The van der Waals surface area contributed by atoms with Gasteiger partial charge in [-0.2, -0.15) is 0 Å². The number of aryl methyl sites for hydroxylation is 1. The van der Waals surface area contributed by atoms with Crippen molar-refractivity contribution in [1.29, 1.82) is 0 Å². The van der Waals surface area contributed by atoms with Crippen molar-refractivity contribution in [3.8, 4) is 17.0 Å². The fraction of sp³-hybridized carbons (Fsp3) is 0.286. The van der Waals surface area contributed by atoms with E-state index in [1.54, 1.807) is 11.1 Å². The van der Waals surface area contributed by atoms with E-state index in [9.17, 15) is 14.0 Å². The van der Waals surface area contributed by atoms with E-state index in [1.165, 1.54) is 17.7 Å². The number of halogens is 1. The summed E-state index contributed by atoms with van der Waals surface area (Å²) in [6.07, 6.45) is 3.60. The minimum atomic E-state index is -0.561. The predicted octanol–water partition coefficient (Wildman–Crippen LogP) is 5.92. The van der Waals surface area contributed by atoms with Crippen LogP contribution < -0.4 is 15.0 Å². The average Bonchev–Trinajstić information content (AvgIpc) is 3.02. The van der Waals surface area contributed by atoms with Gasteiger partial charge >= 0.3 is 0 Å². The Kier molecular flexibility index (Phi) is 9.35. The molecule has 0 unspecified atom stereocenters. The van der Waals surface area contributed by atoms with E-state index in [4.69, 9.17) is 4.74 Å². The lowest BCUT2D eigenvalue weighted by Gasteiger charge is -2.32. The molecular weight excluding hydrogens is 543 g/mol. The number of carbonyl (C=O) groups excluding carboxylic acids is 2. The first-order valence-corrected chi connectivity index (χ1v) is 14.6. The second-order valence-electron chi connectivity index (χ2n) is 11.1. The molecule has 1 fully saturated rings. The highest BCUT2D eigenvalue weighted by atomic mass is 19.1. The molecule has 1 N–H and O–H groups in total. The predicted molar refractivity (Wildman–Crippen MR) is 167 cm³/mol. The van der Waals surface area contributed by atoms with E-state index >= 15 is 0 Å². The third-order valence-corrected chi connectivity index (χ3v) is 7.75. The molecule has 1 aromatic heterocycles. The number of amides is 2. The third kappa shape index (κ3) is 7.57. The molecule has 5 rings (SSSR count). The summed E-state index contributed by atoms with van der Waals surface area (Å²) in [6, 6.07) is 24.0. The Morgan fingerprint density at radius 2 is 1.63 bits per heavy atom. The number of nitrogens with one attached hydrogen (secondary N) is 1. The summed E-state index contributed by atoms with van der Waals surface area (Å²) in [4.78, 5) is 34.7. The van der Waals surface area contributed by atoms with Gasteiger partial charge in [0.05, 0.1) is 11.1 Å². The Balaban J connectivity index is 1.15. The summed E-state index contributed by atoms with van der Waals surface area (Å²) >= 11 is 0. The molecule has 0 spiro atoms. The standard InChI is InChI=1S/C35H37FN4O3/c1-24-4-8-26(9-5-24)27-10-15-33(38-23-27)43-30-17-20-40(21-18-30)35(42)31-14-11-28(36)22-32(31)34(41)37-19-16-25-6-12-29(13-7-25)39(2)3/h4-15,22-23,30H,16-21H2,1-3H3,(H,37,41). The fourth-order valence-electron chi connectivity index (χ4n) is 5.15. The van der Waals surface area contributed by atoms with E-state index in [-0.39, 0.29) is 23.1 Å². The van der Waals surface area contributed by atoms with Gasteiger partial charge in [0.1, 0.15) is 11.9 Å². The summed E-state index contributed by atoms with van der Waals surface area (Å²) in [7, 11) is 3.96. The maximum Gasteiger partial charge on any atom is 0.254 e. The summed E-state index contributed by atoms with van der Waals surface area (Å²) in [5.41, 5.74) is 5.73. The number of piperidine rings is 1. The Hall–Kier alpha value is -4.72. The number of anilines is 1. The van der Waals surface area contributed by atoms with Crippen molar-refractivity contribution in [2.24, 2.45) is 0 Å². The molecule has 43 heavy (non-hydrogen) atoms.